The van der Waals surface area contributed by atoms with Crippen LogP contribution in [0.3, 0.4) is 0 Å². The van der Waals surface area contributed by atoms with Crippen molar-refractivity contribution in [2.75, 3.05) is 52.9 Å². The first-order chi connectivity index (χ1) is 60.1. The van der Waals surface area contributed by atoms with Crippen LogP contribution in [0, 0.1) is 0 Å². The number of esters is 11. The van der Waals surface area contributed by atoms with Crippen LogP contribution in [0.5, 0.6) is 0 Å². The monoisotopic (exact) mass is 1840 g/mol. The summed E-state index contributed by atoms with van der Waals surface area (Å²) in [6.45, 7) is 6.92. The van der Waals surface area contributed by atoms with Crippen molar-refractivity contribution in [2.24, 2.45) is 0 Å². The predicted molar refractivity (Wildman–Crippen MR) is 415 cm³/mol. The number of aliphatic carboxylic acids is 1. The lowest BCUT2D eigenvalue weighted by Crippen LogP contribution is -2.70. The number of hydrogen-bond acceptors (Lipinski definition) is 45. The Hall–Kier alpha value is -7.24. The summed E-state index contributed by atoms with van der Waals surface area (Å²) in [5.74, 6) is -12.8. The highest BCUT2D eigenvalue weighted by atomic mass is 16.8. The fraction of sp³-hybridized carbons (Fsp3) is 0.852. The zero-order valence-electron chi connectivity index (χ0n) is 73.3. The van der Waals surface area contributed by atoms with Gasteiger partial charge in [-0.2, -0.15) is 0 Å². The van der Waals surface area contributed by atoms with Crippen molar-refractivity contribution >= 4 is 71.6 Å². The minimum atomic E-state index is -2.42. The quantitative estimate of drug-likeness (QED) is 0.0192. The highest BCUT2D eigenvalue weighted by Crippen LogP contribution is 2.42. The molecule has 0 aromatic rings. The van der Waals surface area contributed by atoms with Crippen molar-refractivity contribution in [3.05, 3.63) is 0 Å². The van der Waals surface area contributed by atoms with Crippen molar-refractivity contribution < 1.29 is 222 Å². The topological polar surface area (TPSA) is 629 Å². The standard InChI is InChI=1S/C81H128O46/c1-13-28-49(29-26-24-22-20-18-16-14-15-17-19-21-23-25-27-30-104-32-50(94)75(102)103)116-78-70(126-77-63(101)68(112-45(9)90)65(110-43(7)88)54(120-77)35-107-40(4)85)62(100)64(51(31-82)117-78)123-80-73(115-48(12)93)72(114-47(11)92)67(56(122-80)37-109-42(6)87)124-81-74(71(113-46(10)91)66(111-44(8)89)55(121-81)36-108-41(5)86)127-79-69(60(98)58(96)53(119-79)34-106-39(3)84)125-76-61(99)59(97)57(95)52(118-76)33-105-38(2)83/h49-74,76-82,94-101H,13-37H2,1-12H3,(H,102,103). The normalized spacial score (nSPS) is 33.6. The molecule has 6 rings (SSSR count). The average molecular weight is 1840 g/mol. The maximum absolute atomic E-state index is 13.9. The van der Waals surface area contributed by atoms with Crippen molar-refractivity contribution in [3.8, 4) is 0 Å². The van der Waals surface area contributed by atoms with Crippen LogP contribution in [-0.2, 0) is 171 Å². The first-order valence-corrected chi connectivity index (χ1v) is 42.6. The molecule has 6 saturated heterocycles. The Bertz CT molecular complexity index is 3440. The van der Waals surface area contributed by atoms with Gasteiger partial charge in [-0.1, -0.05) is 96.8 Å². The summed E-state index contributed by atoms with van der Waals surface area (Å²) in [5.41, 5.74) is 0. The molecule has 46 heteroatoms. The number of hydrogen-bond donors (Lipinski definition) is 10. The molecule has 127 heavy (non-hydrogen) atoms. The zero-order valence-corrected chi connectivity index (χ0v) is 73.3. The molecule has 46 nitrogen and oxygen atoms in total. The molecule has 6 aliphatic rings. The second-order valence-corrected chi connectivity index (χ2v) is 31.5. The molecule has 6 aliphatic heterocycles. The Morgan fingerprint density at radius 2 is 0.614 bits per heavy atom. The van der Waals surface area contributed by atoms with Gasteiger partial charge in [-0.3, -0.25) is 52.7 Å². The van der Waals surface area contributed by atoms with Gasteiger partial charge in [0.05, 0.1) is 19.3 Å². The van der Waals surface area contributed by atoms with Gasteiger partial charge in [0.1, 0.15) is 137 Å². The molecule has 32 unspecified atom stereocenters. The zero-order chi connectivity index (χ0) is 94.1. The molecule has 0 aromatic carbocycles. The van der Waals surface area contributed by atoms with Crippen LogP contribution in [0.4, 0.5) is 0 Å². The van der Waals surface area contributed by atoms with Gasteiger partial charge in [0, 0.05) is 82.8 Å². The number of carboxylic acid groups (broad SMARTS) is 1. The summed E-state index contributed by atoms with van der Waals surface area (Å²) >= 11 is 0. The molecule has 0 aliphatic carbocycles. The Labute approximate surface area is 733 Å². The highest BCUT2D eigenvalue weighted by Gasteiger charge is 2.62. The van der Waals surface area contributed by atoms with Crippen molar-refractivity contribution in [1.29, 1.82) is 0 Å². The first-order valence-electron chi connectivity index (χ1n) is 42.6. The molecule has 0 spiro atoms. The molecule has 0 amide bonds. The van der Waals surface area contributed by atoms with Gasteiger partial charge in [0.2, 0.25) is 0 Å². The predicted octanol–water partition coefficient (Wildman–Crippen LogP) is -1.32. The molecule has 10 N–H and O–H groups in total. The number of rotatable bonds is 51. The molecule has 0 bridgehead atoms. The molecule has 0 aromatic heterocycles. The number of aliphatic hydroxyl groups is 9. The third-order valence-electron chi connectivity index (χ3n) is 21.0. The van der Waals surface area contributed by atoms with Gasteiger partial charge in [-0.25, -0.2) is 4.79 Å². The summed E-state index contributed by atoms with van der Waals surface area (Å²) in [4.78, 5) is 153. The van der Waals surface area contributed by atoms with E-state index in [0.717, 1.165) is 160 Å². The third kappa shape index (κ3) is 34.8. The van der Waals surface area contributed by atoms with E-state index in [2.05, 4.69) is 0 Å². The Balaban J connectivity index is 1.41. The molecular weight excluding hydrogens is 1710 g/mol. The maximum Gasteiger partial charge on any atom is 0.334 e. The summed E-state index contributed by atoms with van der Waals surface area (Å²) in [5, 5.41) is 112. The van der Waals surface area contributed by atoms with Crippen LogP contribution in [0.1, 0.15) is 192 Å². The van der Waals surface area contributed by atoms with Crippen molar-refractivity contribution in [2.45, 2.75) is 389 Å². The minimum Gasteiger partial charge on any atom is -0.479 e. The Kier molecular flexibility index (Phi) is 46.6. The Morgan fingerprint density at radius 1 is 0.291 bits per heavy atom. The van der Waals surface area contributed by atoms with Gasteiger partial charge in [-0.15, -0.1) is 0 Å². The van der Waals surface area contributed by atoms with E-state index in [-0.39, 0.29) is 6.61 Å². The van der Waals surface area contributed by atoms with E-state index in [1.54, 1.807) is 0 Å². The van der Waals surface area contributed by atoms with E-state index in [1.165, 1.54) is 0 Å². The smallest absolute Gasteiger partial charge is 0.334 e. The lowest BCUT2D eigenvalue weighted by Gasteiger charge is -2.51. The number of carbonyl (C=O) groups is 12. The SMILES string of the molecule is CCCC(CCCCCCCCCCCCCCCCOCC(O)C(=O)O)OC1OC(CO)C(OC2OC(COC(C)=O)C(OC3OC(COC(C)=O)C(OC(C)=O)C(OC(C)=O)C3OC3OC(COC(C)=O)C(O)C(O)C3OC3OC(COC(C)=O)C(O)C(O)C3O)C(OC(C)=O)C2OC(C)=O)C(O)C1OC1OC(COC(C)=O)C(OC(C)=O)C(OC(C)=O)C1O. The lowest BCUT2D eigenvalue weighted by atomic mass is 9.94. The van der Waals surface area contributed by atoms with Crippen LogP contribution in [-0.4, -0.2) is 372 Å². The fourth-order valence-corrected chi connectivity index (χ4v) is 15.1. The van der Waals surface area contributed by atoms with E-state index in [9.17, 15) is 103 Å². The first kappa shape index (κ1) is 109. The number of carboxylic acids is 1. The lowest BCUT2D eigenvalue weighted by molar-refractivity contribution is -0.409. The summed E-state index contributed by atoms with van der Waals surface area (Å²) in [6.07, 6.45) is -50.4. The number of aliphatic hydroxyl groups excluding tert-OH is 9. The second kappa shape index (κ2) is 54.5. The minimum absolute atomic E-state index is 0.250. The van der Waals surface area contributed by atoms with Gasteiger partial charge in [0.25, 0.3) is 0 Å². The highest BCUT2D eigenvalue weighted by molar-refractivity contribution is 5.72. The fourth-order valence-electron chi connectivity index (χ4n) is 15.1. The molecule has 6 heterocycles. The van der Waals surface area contributed by atoms with Gasteiger partial charge >= 0.3 is 71.6 Å². The largest absolute Gasteiger partial charge is 0.479 e. The van der Waals surface area contributed by atoms with Gasteiger partial charge < -0.3 is 165 Å². The summed E-state index contributed by atoms with van der Waals surface area (Å²) < 4.78 is 143. The molecule has 6 fully saturated rings. The van der Waals surface area contributed by atoms with Crippen molar-refractivity contribution in [3.63, 3.8) is 0 Å². The number of carbonyl (C=O) groups excluding carboxylic acids is 11. The molecule has 32 atom stereocenters. The van der Waals surface area contributed by atoms with Crippen LogP contribution in [0.2, 0.25) is 0 Å². The van der Waals surface area contributed by atoms with E-state index in [1.807, 2.05) is 6.92 Å². The van der Waals surface area contributed by atoms with Crippen LogP contribution < -0.4 is 0 Å². The summed E-state index contributed by atoms with van der Waals surface area (Å²) in [6, 6.07) is 0. The second-order valence-electron chi connectivity index (χ2n) is 31.5. The van der Waals surface area contributed by atoms with Crippen LogP contribution in [0.25, 0.3) is 0 Å². The number of unbranched alkanes of at least 4 members (excludes halogenated alkanes) is 13. The molecule has 728 valence electrons. The average Bonchev–Trinajstić information content (AvgIpc) is 0.741. The molecular formula is C81H128O46. The molecule has 0 radical (unpaired) electrons. The van der Waals surface area contributed by atoms with Gasteiger partial charge in [-0.05, 0) is 19.3 Å². The Morgan fingerprint density at radius 3 is 1.06 bits per heavy atom. The van der Waals surface area contributed by atoms with Crippen molar-refractivity contribution in [1.82, 2.24) is 0 Å². The third-order valence-corrected chi connectivity index (χ3v) is 21.0. The van der Waals surface area contributed by atoms with Crippen LogP contribution in [0.15, 0.2) is 0 Å². The number of ether oxygens (including phenoxy) is 24. The molecule has 0 saturated carbocycles. The van der Waals surface area contributed by atoms with E-state index < -0.39 is 308 Å². The van der Waals surface area contributed by atoms with E-state index in [4.69, 9.17) is 119 Å². The van der Waals surface area contributed by atoms with E-state index in [0.29, 0.717) is 32.3 Å². The van der Waals surface area contributed by atoms with E-state index >= 15 is 0 Å². The van der Waals surface area contributed by atoms with Gasteiger partial charge in [0.15, 0.2) is 86.6 Å². The van der Waals surface area contributed by atoms with Crippen LogP contribution >= 0.6 is 0 Å². The maximum atomic E-state index is 13.9. The summed E-state index contributed by atoms with van der Waals surface area (Å²) in [7, 11) is 0.